The van der Waals surface area contributed by atoms with Gasteiger partial charge in [0, 0.05) is 29.3 Å². The van der Waals surface area contributed by atoms with Crippen molar-refractivity contribution in [3.8, 4) is 5.75 Å². The number of nitrogens with one attached hydrogen (secondary N) is 2. The number of aromatic nitrogens is 2. The molecule has 3 heterocycles. The minimum absolute atomic E-state index is 0.180. The van der Waals surface area contributed by atoms with Crippen molar-refractivity contribution >= 4 is 37.7 Å². The van der Waals surface area contributed by atoms with Crippen LogP contribution in [-0.4, -0.2) is 55.6 Å². The Labute approximate surface area is 202 Å². The molecular formula is C25H25FN4O4S. The van der Waals surface area contributed by atoms with E-state index in [1.165, 1.54) is 13.2 Å². The van der Waals surface area contributed by atoms with Crippen LogP contribution in [0.4, 0.5) is 4.39 Å². The molecule has 1 aliphatic rings. The van der Waals surface area contributed by atoms with Gasteiger partial charge in [0.15, 0.2) is 11.6 Å². The Hall–Kier alpha value is -3.50. The van der Waals surface area contributed by atoms with Gasteiger partial charge in [-0.15, -0.1) is 0 Å². The van der Waals surface area contributed by atoms with Crippen molar-refractivity contribution in [1.82, 2.24) is 19.6 Å². The highest BCUT2D eigenvalue weighted by Gasteiger charge is 2.26. The molecule has 0 atom stereocenters. The van der Waals surface area contributed by atoms with Gasteiger partial charge in [-0.3, -0.25) is 9.78 Å². The third-order valence-corrected chi connectivity index (χ3v) is 6.98. The maximum atomic E-state index is 14.4. The summed E-state index contributed by atoms with van der Waals surface area (Å²) in [5, 5.41) is 2.14. The highest BCUT2D eigenvalue weighted by atomic mass is 32.2. The lowest BCUT2D eigenvalue weighted by Crippen LogP contribution is -2.42. The minimum Gasteiger partial charge on any atom is -0.494 e. The number of aromatic amines is 1. The zero-order valence-corrected chi connectivity index (χ0v) is 20.2. The topological polar surface area (TPSA) is 104 Å². The van der Waals surface area contributed by atoms with Crippen molar-refractivity contribution in [3.63, 3.8) is 0 Å². The van der Waals surface area contributed by atoms with Gasteiger partial charge in [-0.05, 0) is 35.7 Å². The third kappa shape index (κ3) is 4.59. The number of carbonyl (C=O) groups is 1. The predicted molar refractivity (Wildman–Crippen MR) is 131 cm³/mol. The van der Waals surface area contributed by atoms with Crippen LogP contribution in [0.3, 0.4) is 0 Å². The SMILES string of the molecule is COc1ccc(Cc2nc3c(c4c2[nH]c2ccccc24)CCN(C(=O)CNS(C)(=O)=O)C3)cc1F. The summed E-state index contributed by atoms with van der Waals surface area (Å²) in [5.41, 5.74) is 5.22. The number of pyridine rings is 1. The van der Waals surface area contributed by atoms with E-state index in [1.807, 2.05) is 24.3 Å². The zero-order chi connectivity index (χ0) is 24.7. The van der Waals surface area contributed by atoms with Crippen molar-refractivity contribution in [2.24, 2.45) is 0 Å². The Morgan fingerprint density at radius 2 is 2.06 bits per heavy atom. The van der Waals surface area contributed by atoms with E-state index >= 15 is 0 Å². The van der Waals surface area contributed by atoms with E-state index in [-0.39, 0.29) is 24.7 Å². The summed E-state index contributed by atoms with van der Waals surface area (Å²) >= 11 is 0. The number of para-hydroxylation sites is 1. The zero-order valence-electron chi connectivity index (χ0n) is 19.4. The monoisotopic (exact) mass is 496 g/mol. The molecule has 5 rings (SSSR count). The summed E-state index contributed by atoms with van der Waals surface area (Å²) in [5.74, 6) is -0.563. The Bertz CT molecular complexity index is 1570. The van der Waals surface area contributed by atoms with Gasteiger partial charge >= 0.3 is 0 Å². The first-order valence-electron chi connectivity index (χ1n) is 11.2. The van der Waals surface area contributed by atoms with E-state index in [0.29, 0.717) is 19.4 Å². The molecule has 4 aromatic rings. The summed E-state index contributed by atoms with van der Waals surface area (Å²) in [4.78, 5) is 22.7. The molecular weight excluding hydrogens is 471 g/mol. The number of nitrogens with zero attached hydrogens (tertiary/aromatic N) is 2. The van der Waals surface area contributed by atoms with Gasteiger partial charge in [-0.1, -0.05) is 24.3 Å². The van der Waals surface area contributed by atoms with Crippen molar-refractivity contribution < 1.29 is 22.3 Å². The van der Waals surface area contributed by atoms with Crippen LogP contribution in [0.25, 0.3) is 21.8 Å². The first-order valence-corrected chi connectivity index (χ1v) is 13.1. The fourth-order valence-corrected chi connectivity index (χ4v) is 5.05. The molecule has 0 spiro atoms. The molecule has 1 amide bonds. The number of amides is 1. The fourth-order valence-electron chi connectivity index (χ4n) is 4.67. The lowest BCUT2D eigenvalue weighted by molar-refractivity contribution is -0.130. The molecule has 0 saturated carbocycles. The predicted octanol–water partition coefficient (Wildman–Crippen LogP) is 2.89. The van der Waals surface area contributed by atoms with Gasteiger partial charge in [0.05, 0.1) is 43.4 Å². The second-order valence-electron chi connectivity index (χ2n) is 8.71. The Balaban J connectivity index is 1.57. The number of hydrogen-bond donors (Lipinski definition) is 2. The Kier molecular flexibility index (Phi) is 5.94. The lowest BCUT2D eigenvalue weighted by Gasteiger charge is -2.29. The molecule has 10 heteroatoms. The largest absolute Gasteiger partial charge is 0.494 e. The Morgan fingerprint density at radius 3 is 2.80 bits per heavy atom. The van der Waals surface area contributed by atoms with Crippen LogP contribution in [0.2, 0.25) is 0 Å². The molecule has 0 aliphatic carbocycles. The first kappa shape index (κ1) is 23.3. The van der Waals surface area contributed by atoms with Gasteiger partial charge in [-0.25, -0.2) is 17.5 Å². The van der Waals surface area contributed by atoms with Crippen LogP contribution >= 0.6 is 0 Å². The summed E-state index contributed by atoms with van der Waals surface area (Å²) in [6.45, 7) is 0.455. The number of methoxy groups -OCH3 is 1. The number of benzene rings is 2. The van der Waals surface area contributed by atoms with Crippen LogP contribution < -0.4 is 9.46 Å². The molecule has 8 nitrogen and oxygen atoms in total. The van der Waals surface area contributed by atoms with E-state index in [2.05, 4.69) is 15.8 Å². The van der Waals surface area contributed by atoms with E-state index in [0.717, 1.165) is 50.6 Å². The molecule has 0 bridgehead atoms. The van der Waals surface area contributed by atoms with E-state index in [1.54, 1.807) is 11.0 Å². The number of rotatable bonds is 6. The summed E-state index contributed by atoms with van der Waals surface area (Å²) in [6, 6.07) is 12.9. The lowest BCUT2D eigenvalue weighted by atomic mass is 9.96. The van der Waals surface area contributed by atoms with Crippen LogP contribution in [0.15, 0.2) is 42.5 Å². The first-order chi connectivity index (χ1) is 16.7. The van der Waals surface area contributed by atoms with Crippen molar-refractivity contribution in [3.05, 3.63) is 70.8 Å². The van der Waals surface area contributed by atoms with Crippen LogP contribution in [0, 0.1) is 5.82 Å². The maximum absolute atomic E-state index is 14.4. The standard InChI is InChI=1S/C25H25FN4O4S/c1-34-22-8-7-15(11-18(22)26)12-20-25-24(16-5-3-4-6-19(16)29-25)17-9-10-30(14-21(17)28-20)23(31)13-27-35(2,32)33/h3-8,11,27,29H,9-10,12-14H2,1-2H3. The number of sulfonamides is 1. The van der Waals surface area contributed by atoms with E-state index < -0.39 is 15.8 Å². The highest BCUT2D eigenvalue weighted by molar-refractivity contribution is 7.88. The van der Waals surface area contributed by atoms with Gasteiger partial charge in [0.25, 0.3) is 0 Å². The van der Waals surface area contributed by atoms with Gasteiger partial charge < -0.3 is 14.6 Å². The second kappa shape index (κ2) is 8.94. The molecule has 35 heavy (non-hydrogen) atoms. The number of halogens is 1. The molecule has 0 saturated heterocycles. The van der Waals surface area contributed by atoms with Gasteiger partial charge in [0.2, 0.25) is 15.9 Å². The summed E-state index contributed by atoms with van der Waals surface area (Å²) in [6.07, 6.45) is 2.01. The molecule has 0 unspecified atom stereocenters. The van der Waals surface area contributed by atoms with Crippen LogP contribution in [-0.2, 0) is 34.2 Å². The summed E-state index contributed by atoms with van der Waals surface area (Å²) < 4.78 is 44.5. The second-order valence-corrected chi connectivity index (χ2v) is 10.5. The van der Waals surface area contributed by atoms with E-state index in [9.17, 15) is 17.6 Å². The number of ether oxygens (including phenoxy) is 1. The van der Waals surface area contributed by atoms with Gasteiger partial charge in [-0.2, -0.15) is 0 Å². The molecule has 0 fully saturated rings. The normalized spacial score (nSPS) is 13.9. The van der Waals surface area contributed by atoms with E-state index in [4.69, 9.17) is 9.72 Å². The van der Waals surface area contributed by atoms with Crippen LogP contribution in [0.1, 0.15) is 22.5 Å². The molecule has 1 aliphatic heterocycles. The molecule has 2 N–H and O–H groups in total. The van der Waals surface area contributed by atoms with Crippen molar-refractivity contribution in [2.45, 2.75) is 19.4 Å². The maximum Gasteiger partial charge on any atom is 0.237 e. The van der Waals surface area contributed by atoms with Gasteiger partial charge in [0.1, 0.15) is 0 Å². The molecule has 182 valence electrons. The third-order valence-electron chi connectivity index (χ3n) is 6.31. The molecule has 2 aromatic heterocycles. The highest BCUT2D eigenvalue weighted by Crippen LogP contribution is 2.35. The number of carbonyl (C=O) groups excluding carboxylic acids is 1. The Morgan fingerprint density at radius 1 is 1.26 bits per heavy atom. The van der Waals surface area contributed by atoms with Crippen LogP contribution in [0.5, 0.6) is 5.75 Å². The smallest absolute Gasteiger partial charge is 0.237 e. The fraction of sp³-hybridized carbons (Fsp3) is 0.280. The summed E-state index contributed by atoms with van der Waals surface area (Å²) in [7, 11) is -2.04. The number of H-pyrrole nitrogens is 1. The van der Waals surface area contributed by atoms with Crippen molar-refractivity contribution in [1.29, 1.82) is 0 Å². The quantitative estimate of drug-likeness (QED) is 0.427. The molecule has 2 aromatic carbocycles. The molecule has 0 radical (unpaired) electrons. The van der Waals surface area contributed by atoms with Crippen molar-refractivity contribution in [2.75, 3.05) is 26.5 Å². The number of hydrogen-bond acceptors (Lipinski definition) is 5. The minimum atomic E-state index is -3.47. The number of fused-ring (bicyclic) bond motifs is 5. The average Bonchev–Trinajstić information content (AvgIpc) is 3.22. The average molecular weight is 497 g/mol.